The lowest BCUT2D eigenvalue weighted by Gasteiger charge is -2.19. The molecule has 0 saturated carbocycles. The quantitative estimate of drug-likeness (QED) is 0.783. The lowest BCUT2D eigenvalue weighted by molar-refractivity contribution is -0.138. The van der Waals surface area contributed by atoms with E-state index >= 15 is 0 Å². The minimum absolute atomic E-state index is 0.0161. The molecule has 0 fully saturated rings. The monoisotopic (exact) mass is 329 g/mol. The van der Waals surface area contributed by atoms with Crippen molar-refractivity contribution in [2.75, 3.05) is 0 Å². The van der Waals surface area contributed by atoms with Crippen LogP contribution in [0.25, 0.3) is 6.08 Å². The van der Waals surface area contributed by atoms with Crippen LogP contribution in [0.1, 0.15) is 25.8 Å². The molecule has 1 atom stereocenters. The van der Waals surface area contributed by atoms with Gasteiger partial charge in [0.15, 0.2) is 0 Å². The summed E-state index contributed by atoms with van der Waals surface area (Å²) in [7, 11) is 0. The molecule has 114 valence electrons. The number of carboxylic acid groups (broad SMARTS) is 1. The molecule has 0 bridgehead atoms. The summed E-state index contributed by atoms with van der Waals surface area (Å²) >= 11 is 12.0. The fourth-order valence-electron chi connectivity index (χ4n) is 1.70. The number of halogens is 2. The molecule has 0 saturated heterocycles. The molecular formula is C15H17Cl2NO3. The number of amides is 1. The Kier molecular flexibility index (Phi) is 6.72. The minimum atomic E-state index is -0.952. The van der Waals surface area contributed by atoms with Gasteiger partial charge in [0.25, 0.3) is 0 Å². The average molecular weight is 330 g/mol. The molecular weight excluding hydrogens is 313 g/mol. The van der Waals surface area contributed by atoms with Crippen molar-refractivity contribution in [3.8, 4) is 0 Å². The third kappa shape index (κ3) is 5.78. The van der Waals surface area contributed by atoms with Crippen molar-refractivity contribution in [1.82, 2.24) is 5.32 Å². The van der Waals surface area contributed by atoms with Gasteiger partial charge >= 0.3 is 5.97 Å². The van der Waals surface area contributed by atoms with E-state index in [0.717, 1.165) is 0 Å². The van der Waals surface area contributed by atoms with Crippen molar-refractivity contribution in [3.05, 3.63) is 39.9 Å². The van der Waals surface area contributed by atoms with Crippen LogP contribution >= 0.6 is 23.2 Å². The van der Waals surface area contributed by atoms with E-state index in [-0.39, 0.29) is 18.2 Å². The maximum absolute atomic E-state index is 11.9. The molecule has 0 radical (unpaired) electrons. The Hall–Kier alpha value is -1.52. The minimum Gasteiger partial charge on any atom is -0.481 e. The molecule has 1 rings (SSSR count). The highest BCUT2D eigenvalue weighted by Gasteiger charge is 2.18. The van der Waals surface area contributed by atoms with Crippen molar-refractivity contribution < 1.29 is 14.7 Å². The summed E-state index contributed by atoms with van der Waals surface area (Å²) in [6, 6.07) is 4.63. The Labute approximate surface area is 133 Å². The lowest BCUT2D eigenvalue weighted by Crippen LogP contribution is -2.39. The Balaban J connectivity index is 2.76. The Bertz CT molecular complexity index is 536. The zero-order valence-electron chi connectivity index (χ0n) is 11.8. The summed E-state index contributed by atoms with van der Waals surface area (Å²) in [5, 5.41) is 12.4. The van der Waals surface area contributed by atoms with Gasteiger partial charge < -0.3 is 10.4 Å². The molecule has 0 spiro atoms. The largest absolute Gasteiger partial charge is 0.481 e. The highest BCUT2D eigenvalue weighted by molar-refractivity contribution is 6.37. The first kappa shape index (κ1) is 17.5. The second-order valence-electron chi connectivity index (χ2n) is 4.93. The van der Waals surface area contributed by atoms with Gasteiger partial charge in [0.1, 0.15) is 0 Å². The summed E-state index contributed by atoms with van der Waals surface area (Å²) in [4.78, 5) is 22.6. The fraction of sp³-hybridized carbons (Fsp3) is 0.333. The Morgan fingerprint density at radius 2 is 1.86 bits per heavy atom. The summed E-state index contributed by atoms with van der Waals surface area (Å²) in [5.74, 6) is -1.32. The zero-order chi connectivity index (χ0) is 16.0. The molecule has 21 heavy (non-hydrogen) atoms. The summed E-state index contributed by atoms with van der Waals surface area (Å²) in [6.45, 7) is 3.70. The number of nitrogens with one attached hydrogen (secondary N) is 1. The van der Waals surface area contributed by atoms with Gasteiger partial charge in [-0.2, -0.15) is 0 Å². The predicted molar refractivity (Wildman–Crippen MR) is 84.5 cm³/mol. The van der Waals surface area contributed by atoms with Gasteiger partial charge in [0, 0.05) is 27.7 Å². The molecule has 4 nitrogen and oxygen atoms in total. The molecule has 1 aromatic carbocycles. The van der Waals surface area contributed by atoms with E-state index in [1.54, 1.807) is 18.2 Å². The molecule has 1 unspecified atom stereocenters. The highest BCUT2D eigenvalue weighted by Crippen LogP contribution is 2.25. The molecule has 1 aromatic rings. The van der Waals surface area contributed by atoms with Crippen LogP contribution in [0.3, 0.4) is 0 Å². The maximum Gasteiger partial charge on any atom is 0.305 e. The molecule has 6 heteroatoms. The van der Waals surface area contributed by atoms with Crippen LogP contribution in [0.15, 0.2) is 24.3 Å². The van der Waals surface area contributed by atoms with Crippen LogP contribution in [0.2, 0.25) is 10.0 Å². The van der Waals surface area contributed by atoms with E-state index in [9.17, 15) is 9.59 Å². The molecule has 0 aliphatic heterocycles. The number of hydrogen-bond donors (Lipinski definition) is 2. The van der Waals surface area contributed by atoms with Gasteiger partial charge in [0.2, 0.25) is 5.91 Å². The summed E-state index contributed by atoms with van der Waals surface area (Å²) < 4.78 is 0. The van der Waals surface area contributed by atoms with Crippen molar-refractivity contribution in [1.29, 1.82) is 0 Å². The first-order chi connectivity index (χ1) is 9.81. The van der Waals surface area contributed by atoms with Gasteiger partial charge in [-0.1, -0.05) is 43.1 Å². The van der Waals surface area contributed by atoms with E-state index < -0.39 is 12.0 Å². The second-order valence-corrected chi connectivity index (χ2v) is 5.74. The number of carbonyl (C=O) groups excluding carboxylic acids is 1. The normalized spacial score (nSPS) is 12.6. The number of carbonyl (C=O) groups is 2. The van der Waals surface area contributed by atoms with Crippen molar-refractivity contribution in [2.45, 2.75) is 26.3 Å². The third-order valence-electron chi connectivity index (χ3n) is 2.93. The summed E-state index contributed by atoms with van der Waals surface area (Å²) in [5.41, 5.74) is 0.551. The SMILES string of the molecule is CC(C)C(CC(=O)O)NC(=O)/C=C/c1c(Cl)cccc1Cl. The van der Waals surface area contributed by atoms with Gasteiger partial charge in [-0.25, -0.2) is 0 Å². The van der Waals surface area contributed by atoms with Crippen LogP contribution in [0.4, 0.5) is 0 Å². The van der Waals surface area contributed by atoms with Crippen LogP contribution in [-0.2, 0) is 9.59 Å². The fourth-order valence-corrected chi connectivity index (χ4v) is 2.22. The second kappa shape index (κ2) is 8.05. The van der Waals surface area contributed by atoms with Gasteiger partial charge in [-0.05, 0) is 24.1 Å². The smallest absolute Gasteiger partial charge is 0.305 e. The van der Waals surface area contributed by atoms with Crippen molar-refractivity contribution >= 4 is 41.2 Å². The van der Waals surface area contributed by atoms with Crippen LogP contribution in [0, 0.1) is 5.92 Å². The van der Waals surface area contributed by atoms with Gasteiger partial charge in [-0.15, -0.1) is 0 Å². The Morgan fingerprint density at radius 3 is 2.33 bits per heavy atom. The van der Waals surface area contributed by atoms with Crippen LogP contribution in [-0.4, -0.2) is 23.0 Å². The number of benzene rings is 1. The number of aliphatic carboxylic acids is 1. The lowest BCUT2D eigenvalue weighted by atomic mass is 10.0. The first-order valence-electron chi connectivity index (χ1n) is 6.45. The third-order valence-corrected chi connectivity index (χ3v) is 3.59. The van der Waals surface area contributed by atoms with Gasteiger partial charge in [0.05, 0.1) is 6.42 Å². The van der Waals surface area contributed by atoms with Crippen LogP contribution < -0.4 is 5.32 Å². The van der Waals surface area contributed by atoms with E-state index in [1.165, 1.54) is 12.2 Å². The number of carboxylic acids is 1. The van der Waals surface area contributed by atoms with Crippen LogP contribution in [0.5, 0.6) is 0 Å². The van der Waals surface area contributed by atoms with Gasteiger partial charge in [-0.3, -0.25) is 9.59 Å². The topological polar surface area (TPSA) is 66.4 Å². The molecule has 0 aliphatic carbocycles. The van der Waals surface area contributed by atoms with Crippen molar-refractivity contribution in [2.24, 2.45) is 5.92 Å². The zero-order valence-corrected chi connectivity index (χ0v) is 13.3. The first-order valence-corrected chi connectivity index (χ1v) is 7.21. The molecule has 0 heterocycles. The molecule has 2 N–H and O–H groups in total. The molecule has 0 aromatic heterocycles. The number of hydrogen-bond acceptors (Lipinski definition) is 2. The molecule has 0 aliphatic rings. The maximum atomic E-state index is 11.9. The highest BCUT2D eigenvalue weighted by atomic mass is 35.5. The van der Waals surface area contributed by atoms with E-state index in [0.29, 0.717) is 15.6 Å². The average Bonchev–Trinajstić information content (AvgIpc) is 2.36. The summed E-state index contributed by atoms with van der Waals surface area (Å²) in [6.07, 6.45) is 2.69. The predicted octanol–water partition coefficient (Wildman–Crippen LogP) is 3.62. The van der Waals surface area contributed by atoms with Crippen molar-refractivity contribution in [3.63, 3.8) is 0 Å². The van der Waals surface area contributed by atoms with E-state index in [2.05, 4.69) is 5.32 Å². The van der Waals surface area contributed by atoms with E-state index in [1.807, 2.05) is 13.8 Å². The standard InChI is InChI=1S/C15H17Cl2NO3/c1-9(2)13(8-15(20)21)18-14(19)7-6-10-11(16)4-3-5-12(10)17/h3-7,9,13H,8H2,1-2H3,(H,18,19)(H,20,21)/b7-6+. The van der Waals surface area contributed by atoms with E-state index in [4.69, 9.17) is 28.3 Å². The molecule has 1 amide bonds. The Morgan fingerprint density at radius 1 is 1.29 bits per heavy atom. The number of rotatable bonds is 6.